The van der Waals surface area contributed by atoms with E-state index in [0.29, 0.717) is 5.41 Å². The van der Waals surface area contributed by atoms with Gasteiger partial charge in [0.05, 0.1) is 0 Å². The van der Waals surface area contributed by atoms with Crippen molar-refractivity contribution in [2.45, 2.75) is 32.8 Å². The van der Waals surface area contributed by atoms with Crippen LogP contribution in [-0.2, 0) is 4.74 Å². The number of likely N-dealkylation sites (tertiary alicyclic amines) is 1. The van der Waals surface area contributed by atoms with Crippen molar-refractivity contribution in [1.29, 1.82) is 0 Å². The lowest BCUT2D eigenvalue weighted by Gasteiger charge is -2.41. The fourth-order valence-electron chi connectivity index (χ4n) is 2.21. The number of hydrogen-bond acceptors (Lipinski definition) is 2. The van der Waals surface area contributed by atoms with Crippen LogP contribution in [0.25, 0.3) is 0 Å². The highest BCUT2D eigenvalue weighted by Gasteiger charge is 2.62. The van der Waals surface area contributed by atoms with Gasteiger partial charge in [-0.1, -0.05) is 15.9 Å². The Hall–Kier alpha value is -0.250. The first-order chi connectivity index (χ1) is 6.86. The number of carbonyl (C=O) groups is 1. The van der Waals surface area contributed by atoms with Crippen molar-refractivity contribution < 1.29 is 9.53 Å². The fourth-order valence-corrected chi connectivity index (χ4v) is 3.12. The molecule has 1 amide bonds. The Bertz CT molecular complexity index is 279. The Morgan fingerprint density at radius 2 is 2.13 bits per heavy atom. The Kier molecular flexibility index (Phi) is 2.53. The molecule has 2 rings (SSSR count). The summed E-state index contributed by atoms with van der Waals surface area (Å²) in [7, 11) is 0. The molecule has 2 fully saturated rings. The van der Waals surface area contributed by atoms with Gasteiger partial charge in [0, 0.05) is 23.8 Å². The van der Waals surface area contributed by atoms with Gasteiger partial charge in [-0.2, -0.15) is 0 Å². The van der Waals surface area contributed by atoms with Crippen LogP contribution in [0.2, 0.25) is 0 Å². The number of carbonyl (C=O) groups excluding carboxylic acids is 1. The molecule has 15 heavy (non-hydrogen) atoms. The summed E-state index contributed by atoms with van der Waals surface area (Å²) in [6.45, 7) is 7.48. The van der Waals surface area contributed by atoms with E-state index in [-0.39, 0.29) is 11.7 Å². The van der Waals surface area contributed by atoms with Crippen LogP contribution >= 0.6 is 15.9 Å². The molecule has 0 bridgehead atoms. The van der Waals surface area contributed by atoms with Crippen LogP contribution in [0.4, 0.5) is 4.79 Å². The highest BCUT2D eigenvalue weighted by Crippen LogP contribution is 2.59. The molecule has 1 atom stereocenters. The zero-order valence-corrected chi connectivity index (χ0v) is 11.1. The monoisotopic (exact) mass is 275 g/mol. The maximum Gasteiger partial charge on any atom is 0.410 e. The largest absolute Gasteiger partial charge is 0.444 e. The van der Waals surface area contributed by atoms with Gasteiger partial charge < -0.3 is 9.64 Å². The van der Waals surface area contributed by atoms with Crippen molar-refractivity contribution >= 4 is 22.0 Å². The number of hydrogen-bond donors (Lipinski definition) is 0. The molecule has 0 aromatic carbocycles. The second-order valence-corrected chi connectivity index (χ2v) is 6.40. The molecular weight excluding hydrogens is 258 g/mol. The van der Waals surface area contributed by atoms with Crippen molar-refractivity contribution in [2.75, 3.05) is 18.4 Å². The number of halogens is 1. The quantitative estimate of drug-likeness (QED) is 0.689. The van der Waals surface area contributed by atoms with Crippen molar-refractivity contribution in [3.05, 3.63) is 0 Å². The van der Waals surface area contributed by atoms with Gasteiger partial charge in [-0.25, -0.2) is 4.79 Å². The third-order valence-corrected chi connectivity index (χ3v) is 3.99. The average molecular weight is 276 g/mol. The topological polar surface area (TPSA) is 29.5 Å². The average Bonchev–Trinajstić information content (AvgIpc) is 2.71. The minimum atomic E-state index is -0.377. The van der Waals surface area contributed by atoms with E-state index in [1.807, 2.05) is 25.7 Å². The summed E-state index contributed by atoms with van der Waals surface area (Å²) in [6.07, 6.45) is 1.10. The third-order valence-electron chi connectivity index (χ3n) is 3.21. The minimum absolute atomic E-state index is 0.159. The van der Waals surface area contributed by atoms with Gasteiger partial charge in [0.25, 0.3) is 0 Å². The second-order valence-electron chi connectivity index (χ2n) is 5.75. The van der Waals surface area contributed by atoms with Gasteiger partial charge >= 0.3 is 6.09 Å². The van der Waals surface area contributed by atoms with Gasteiger partial charge in [-0.3, -0.25) is 0 Å². The molecule has 1 aliphatic heterocycles. The van der Waals surface area contributed by atoms with E-state index in [1.54, 1.807) is 0 Å². The number of ether oxygens (including phenoxy) is 1. The number of alkyl halides is 1. The summed E-state index contributed by atoms with van der Waals surface area (Å²) in [5, 5.41) is 1.06. The summed E-state index contributed by atoms with van der Waals surface area (Å²) < 4.78 is 5.31. The predicted octanol–water partition coefficient (Wildman–Crippen LogP) is 2.64. The van der Waals surface area contributed by atoms with E-state index in [2.05, 4.69) is 15.9 Å². The van der Waals surface area contributed by atoms with Crippen LogP contribution in [0, 0.1) is 11.3 Å². The Balaban J connectivity index is 1.78. The second kappa shape index (κ2) is 3.37. The number of amides is 1. The van der Waals surface area contributed by atoms with E-state index < -0.39 is 0 Å². The van der Waals surface area contributed by atoms with Gasteiger partial charge in [0.15, 0.2) is 0 Å². The SMILES string of the molecule is CC(C)(C)OC(=O)N1CC2(CC2CBr)C1. The lowest BCUT2D eigenvalue weighted by Crippen LogP contribution is -2.53. The molecule has 1 saturated carbocycles. The lowest BCUT2D eigenvalue weighted by molar-refractivity contribution is -0.00854. The Labute approximate surface area is 99.3 Å². The van der Waals surface area contributed by atoms with Crippen LogP contribution in [0.5, 0.6) is 0 Å². The number of rotatable bonds is 1. The zero-order chi connectivity index (χ0) is 11.3. The van der Waals surface area contributed by atoms with Crippen molar-refractivity contribution in [3.63, 3.8) is 0 Å². The highest BCUT2D eigenvalue weighted by atomic mass is 79.9. The summed E-state index contributed by atoms with van der Waals surface area (Å²) in [4.78, 5) is 13.5. The summed E-state index contributed by atoms with van der Waals surface area (Å²) in [5.74, 6) is 0.774. The molecular formula is C11H18BrNO2. The lowest BCUT2D eigenvalue weighted by atomic mass is 9.95. The molecule has 1 heterocycles. The van der Waals surface area contributed by atoms with Crippen LogP contribution in [0.15, 0.2) is 0 Å². The first kappa shape index (κ1) is 11.2. The van der Waals surface area contributed by atoms with Crippen LogP contribution in [0.1, 0.15) is 27.2 Å². The van der Waals surface area contributed by atoms with Gasteiger partial charge in [-0.15, -0.1) is 0 Å². The molecule has 4 heteroatoms. The van der Waals surface area contributed by atoms with E-state index in [9.17, 15) is 4.79 Å². The standard InChI is InChI=1S/C11H18BrNO2/c1-10(2,3)15-9(14)13-6-11(7-13)4-8(11)5-12/h8H,4-7H2,1-3H3. The fraction of sp³-hybridized carbons (Fsp3) is 0.909. The smallest absolute Gasteiger partial charge is 0.410 e. The molecule has 2 aliphatic rings. The van der Waals surface area contributed by atoms with Crippen LogP contribution in [0.3, 0.4) is 0 Å². The first-order valence-corrected chi connectivity index (χ1v) is 6.52. The maximum absolute atomic E-state index is 11.6. The third kappa shape index (κ3) is 2.14. The zero-order valence-electron chi connectivity index (χ0n) is 9.55. The van der Waals surface area contributed by atoms with E-state index >= 15 is 0 Å². The number of nitrogens with zero attached hydrogens (tertiary/aromatic N) is 1. The Morgan fingerprint density at radius 1 is 1.53 bits per heavy atom. The first-order valence-electron chi connectivity index (χ1n) is 5.40. The van der Waals surface area contributed by atoms with E-state index in [0.717, 1.165) is 24.3 Å². The van der Waals surface area contributed by atoms with Gasteiger partial charge in [-0.05, 0) is 33.1 Å². The van der Waals surface area contributed by atoms with Gasteiger partial charge in [0.1, 0.15) is 5.60 Å². The molecule has 1 saturated heterocycles. The molecule has 0 radical (unpaired) electrons. The molecule has 0 aromatic heterocycles. The van der Waals surface area contributed by atoms with Gasteiger partial charge in [0.2, 0.25) is 0 Å². The molecule has 1 spiro atoms. The van der Waals surface area contributed by atoms with Crippen molar-refractivity contribution in [1.82, 2.24) is 4.90 Å². The maximum atomic E-state index is 11.6. The highest BCUT2D eigenvalue weighted by molar-refractivity contribution is 9.09. The van der Waals surface area contributed by atoms with Crippen molar-refractivity contribution in [2.24, 2.45) is 11.3 Å². The normalized spacial score (nSPS) is 27.5. The predicted molar refractivity (Wildman–Crippen MR) is 62.1 cm³/mol. The summed E-state index contributed by atoms with van der Waals surface area (Å²) in [6, 6.07) is 0. The molecule has 0 aromatic rings. The van der Waals surface area contributed by atoms with Crippen LogP contribution in [-0.4, -0.2) is 35.0 Å². The van der Waals surface area contributed by atoms with Crippen molar-refractivity contribution in [3.8, 4) is 0 Å². The minimum Gasteiger partial charge on any atom is -0.444 e. The summed E-state index contributed by atoms with van der Waals surface area (Å²) in [5.41, 5.74) is 0.0681. The molecule has 1 unspecified atom stereocenters. The molecule has 0 N–H and O–H groups in total. The molecule has 86 valence electrons. The van der Waals surface area contributed by atoms with E-state index in [1.165, 1.54) is 6.42 Å². The molecule has 1 aliphatic carbocycles. The molecule has 3 nitrogen and oxygen atoms in total. The van der Waals surface area contributed by atoms with E-state index in [4.69, 9.17) is 4.74 Å². The summed E-state index contributed by atoms with van der Waals surface area (Å²) >= 11 is 3.50. The van der Waals surface area contributed by atoms with Crippen LogP contribution < -0.4 is 0 Å². The Morgan fingerprint density at radius 3 is 2.53 bits per heavy atom.